The van der Waals surface area contributed by atoms with E-state index in [9.17, 15) is 9.90 Å². The van der Waals surface area contributed by atoms with Crippen LogP contribution in [0.2, 0.25) is 0 Å². The number of aromatic amines is 1. The van der Waals surface area contributed by atoms with E-state index in [4.69, 9.17) is 4.42 Å². The monoisotopic (exact) mass is 387 g/mol. The summed E-state index contributed by atoms with van der Waals surface area (Å²) in [6.45, 7) is 3.75. The lowest BCUT2D eigenvalue weighted by atomic mass is 10.3. The van der Waals surface area contributed by atoms with Gasteiger partial charge in [0.1, 0.15) is 5.76 Å². The molecule has 0 radical (unpaired) electrons. The average molecular weight is 387 g/mol. The average Bonchev–Trinajstić information content (AvgIpc) is 3.26. The molecule has 1 saturated heterocycles. The van der Waals surface area contributed by atoms with E-state index in [0.717, 1.165) is 28.0 Å². The first-order chi connectivity index (χ1) is 12.5. The standard InChI is InChI=1S/C18H17N3O3S2/c1-10(2)21-16(22)14(25-18(21)23)9-11-7-8-15(24-11)26-17-19-12-5-3-4-6-13(12)20-17/h3-10,18,23H,1-2H3,(H,19,20)/b14-9+. The maximum atomic E-state index is 12.4. The number of carbonyl (C=O) groups excluding carboxylic acids is 1. The maximum absolute atomic E-state index is 12.4. The third-order valence-electron chi connectivity index (χ3n) is 3.91. The van der Waals surface area contributed by atoms with Crippen molar-refractivity contribution in [3.05, 3.63) is 47.1 Å². The molecule has 6 nitrogen and oxygen atoms in total. The normalized spacial score (nSPS) is 19.4. The molecule has 1 aromatic carbocycles. The van der Waals surface area contributed by atoms with E-state index < -0.39 is 5.56 Å². The van der Waals surface area contributed by atoms with Gasteiger partial charge in [0.05, 0.1) is 15.9 Å². The summed E-state index contributed by atoms with van der Waals surface area (Å²) >= 11 is 2.51. The molecule has 4 rings (SSSR count). The van der Waals surface area contributed by atoms with Crippen LogP contribution in [-0.2, 0) is 4.79 Å². The quantitative estimate of drug-likeness (QED) is 0.661. The van der Waals surface area contributed by atoms with Gasteiger partial charge in [-0.15, -0.1) is 0 Å². The topological polar surface area (TPSA) is 82.4 Å². The van der Waals surface area contributed by atoms with Crippen molar-refractivity contribution < 1.29 is 14.3 Å². The second kappa shape index (κ2) is 6.86. The number of para-hydroxylation sites is 2. The number of nitrogens with zero attached hydrogens (tertiary/aromatic N) is 2. The lowest BCUT2D eigenvalue weighted by Gasteiger charge is -2.22. The van der Waals surface area contributed by atoms with Crippen LogP contribution in [0.15, 0.2) is 56.0 Å². The number of fused-ring (bicyclic) bond motifs is 1. The number of aliphatic hydroxyl groups is 1. The van der Waals surface area contributed by atoms with E-state index in [1.54, 1.807) is 12.1 Å². The summed E-state index contributed by atoms with van der Waals surface area (Å²) in [6.07, 6.45) is 1.67. The maximum Gasteiger partial charge on any atom is 0.263 e. The SMILES string of the molecule is CC(C)N1C(=O)/C(=C\c2ccc(Sc3nc4ccccc4[nH]3)o2)SC1O. The van der Waals surface area contributed by atoms with Gasteiger partial charge in [0.15, 0.2) is 15.8 Å². The molecule has 3 aromatic rings. The van der Waals surface area contributed by atoms with Crippen molar-refractivity contribution in [3.8, 4) is 0 Å². The number of benzene rings is 1. The lowest BCUT2D eigenvalue weighted by molar-refractivity contribution is -0.132. The van der Waals surface area contributed by atoms with E-state index in [1.807, 2.05) is 44.2 Å². The molecule has 2 N–H and O–H groups in total. The van der Waals surface area contributed by atoms with Gasteiger partial charge in [-0.2, -0.15) is 0 Å². The van der Waals surface area contributed by atoms with Crippen LogP contribution in [0, 0.1) is 0 Å². The first-order valence-corrected chi connectivity index (χ1v) is 9.82. The number of nitrogens with one attached hydrogen (secondary N) is 1. The van der Waals surface area contributed by atoms with Gasteiger partial charge in [-0.1, -0.05) is 23.9 Å². The zero-order valence-electron chi connectivity index (χ0n) is 14.2. The Morgan fingerprint density at radius 3 is 2.88 bits per heavy atom. The van der Waals surface area contributed by atoms with Crippen LogP contribution in [0.1, 0.15) is 19.6 Å². The van der Waals surface area contributed by atoms with Crippen LogP contribution in [-0.4, -0.2) is 37.5 Å². The molecule has 0 bridgehead atoms. The highest BCUT2D eigenvalue weighted by Crippen LogP contribution is 2.37. The zero-order chi connectivity index (χ0) is 18.3. The van der Waals surface area contributed by atoms with Crippen LogP contribution in [0.4, 0.5) is 0 Å². The molecular weight excluding hydrogens is 370 g/mol. The number of carbonyl (C=O) groups is 1. The molecule has 1 aliphatic heterocycles. The Labute approximate surface area is 158 Å². The van der Waals surface area contributed by atoms with Gasteiger partial charge in [-0.05, 0) is 49.9 Å². The van der Waals surface area contributed by atoms with Crippen molar-refractivity contribution in [2.45, 2.75) is 35.7 Å². The molecule has 1 aliphatic rings. The Morgan fingerprint density at radius 2 is 2.15 bits per heavy atom. The molecule has 134 valence electrons. The molecule has 0 spiro atoms. The Kier molecular flexibility index (Phi) is 4.56. The highest BCUT2D eigenvalue weighted by molar-refractivity contribution is 8.05. The molecule has 0 aliphatic carbocycles. The minimum absolute atomic E-state index is 0.0632. The number of imidazole rings is 1. The van der Waals surface area contributed by atoms with Crippen molar-refractivity contribution >= 4 is 46.5 Å². The first kappa shape index (κ1) is 17.3. The Hall–Kier alpha value is -2.16. The second-order valence-corrected chi connectivity index (χ2v) is 8.17. The molecule has 1 fully saturated rings. The summed E-state index contributed by atoms with van der Waals surface area (Å²) in [7, 11) is 0. The number of thioether (sulfide) groups is 1. The highest BCUT2D eigenvalue weighted by atomic mass is 32.2. The van der Waals surface area contributed by atoms with Crippen LogP contribution in [0.3, 0.4) is 0 Å². The van der Waals surface area contributed by atoms with Gasteiger partial charge in [0, 0.05) is 12.1 Å². The molecule has 1 atom stereocenters. The van der Waals surface area contributed by atoms with Crippen molar-refractivity contribution in [1.82, 2.24) is 14.9 Å². The summed E-state index contributed by atoms with van der Waals surface area (Å²) in [5, 5.41) is 11.4. The molecular formula is C18H17N3O3S2. The molecule has 3 heterocycles. The van der Waals surface area contributed by atoms with Crippen LogP contribution >= 0.6 is 23.5 Å². The first-order valence-electron chi connectivity index (χ1n) is 8.13. The number of aromatic nitrogens is 2. The van der Waals surface area contributed by atoms with E-state index >= 15 is 0 Å². The number of rotatable bonds is 4. The van der Waals surface area contributed by atoms with E-state index in [1.165, 1.54) is 16.7 Å². The van der Waals surface area contributed by atoms with E-state index in [0.29, 0.717) is 15.8 Å². The van der Waals surface area contributed by atoms with Crippen LogP contribution in [0.5, 0.6) is 0 Å². The minimum atomic E-state index is -0.854. The molecule has 1 unspecified atom stereocenters. The highest BCUT2D eigenvalue weighted by Gasteiger charge is 2.36. The van der Waals surface area contributed by atoms with Crippen molar-refractivity contribution in [1.29, 1.82) is 0 Å². The third kappa shape index (κ3) is 3.27. The van der Waals surface area contributed by atoms with Crippen LogP contribution < -0.4 is 0 Å². The molecule has 1 amide bonds. The number of H-pyrrole nitrogens is 1. The Bertz CT molecular complexity index is 959. The number of hydrogen-bond donors (Lipinski definition) is 2. The Morgan fingerprint density at radius 1 is 1.35 bits per heavy atom. The molecule has 26 heavy (non-hydrogen) atoms. The summed E-state index contributed by atoms with van der Waals surface area (Å²) in [5.41, 5.74) is 1.02. The second-order valence-electron chi connectivity index (χ2n) is 6.08. The minimum Gasteiger partial charge on any atom is -0.450 e. The fourth-order valence-corrected chi connectivity index (χ4v) is 4.54. The number of hydrogen-bond acceptors (Lipinski definition) is 6. The number of aliphatic hydroxyl groups excluding tert-OH is 1. The van der Waals surface area contributed by atoms with Crippen molar-refractivity contribution in [3.63, 3.8) is 0 Å². The predicted octanol–water partition coefficient (Wildman–Crippen LogP) is 3.91. The van der Waals surface area contributed by atoms with E-state index in [-0.39, 0.29) is 11.9 Å². The van der Waals surface area contributed by atoms with Gasteiger partial charge in [-0.3, -0.25) is 4.79 Å². The summed E-state index contributed by atoms with van der Waals surface area (Å²) in [4.78, 5) is 22.0. The van der Waals surface area contributed by atoms with Crippen molar-refractivity contribution in [2.24, 2.45) is 0 Å². The predicted molar refractivity (Wildman–Crippen MR) is 102 cm³/mol. The van der Waals surface area contributed by atoms with Gasteiger partial charge in [-0.25, -0.2) is 4.98 Å². The largest absolute Gasteiger partial charge is 0.450 e. The fraction of sp³-hybridized carbons (Fsp3) is 0.222. The number of amides is 1. The van der Waals surface area contributed by atoms with Crippen LogP contribution in [0.25, 0.3) is 17.1 Å². The molecule has 0 saturated carbocycles. The van der Waals surface area contributed by atoms with Gasteiger partial charge >= 0.3 is 0 Å². The lowest BCUT2D eigenvalue weighted by Crippen LogP contribution is -2.37. The zero-order valence-corrected chi connectivity index (χ0v) is 15.8. The molecule has 8 heteroatoms. The van der Waals surface area contributed by atoms with Gasteiger partial charge in [0.2, 0.25) is 0 Å². The molecule has 2 aromatic heterocycles. The smallest absolute Gasteiger partial charge is 0.263 e. The van der Waals surface area contributed by atoms with Crippen molar-refractivity contribution in [2.75, 3.05) is 0 Å². The Balaban J connectivity index is 1.52. The third-order valence-corrected chi connectivity index (χ3v) is 5.70. The summed E-state index contributed by atoms with van der Waals surface area (Å²) < 4.78 is 5.79. The van der Waals surface area contributed by atoms with Gasteiger partial charge < -0.3 is 19.4 Å². The fourth-order valence-electron chi connectivity index (χ4n) is 2.70. The summed E-state index contributed by atoms with van der Waals surface area (Å²) in [5.74, 6) is 0.387. The van der Waals surface area contributed by atoms with E-state index in [2.05, 4.69) is 9.97 Å². The van der Waals surface area contributed by atoms with Gasteiger partial charge in [0.25, 0.3) is 5.91 Å². The summed E-state index contributed by atoms with van der Waals surface area (Å²) in [6, 6.07) is 11.4. The number of furan rings is 1.